The van der Waals surface area contributed by atoms with E-state index in [1.165, 1.54) is 37.8 Å². The topological polar surface area (TPSA) is 41.9 Å². The minimum atomic E-state index is -0.637. The summed E-state index contributed by atoms with van der Waals surface area (Å²) in [7, 11) is 0. The third-order valence-electron chi connectivity index (χ3n) is 6.23. The fourth-order valence-electron chi connectivity index (χ4n) is 4.47. The van der Waals surface area contributed by atoms with Crippen molar-refractivity contribution in [2.45, 2.75) is 57.6 Å². The highest BCUT2D eigenvalue weighted by atomic mass is 19.1. The molecule has 2 aromatic carbocycles. The third kappa shape index (κ3) is 5.69. The number of rotatable bonds is 8. The molecule has 4 nitrogen and oxygen atoms in total. The van der Waals surface area contributed by atoms with E-state index in [9.17, 15) is 13.6 Å². The molecule has 2 aromatic rings. The van der Waals surface area contributed by atoms with Gasteiger partial charge < -0.3 is 9.74 Å². The van der Waals surface area contributed by atoms with Crippen LogP contribution in [0, 0.1) is 17.6 Å². The van der Waals surface area contributed by atoms with Gasteiger partial charge in [-0.3, -0.25) is 4.79 Å². The lowest BCUT2D eigenvalue weighted by atomic mass is 10.0. The summed E-state index contributed by atoms with van der Waals surface area (Å²) in [6.45, 7) is 0.413. The molecule has 1 fully saturated rings. The number of carbonyl (C=O) groups is 1. The Balaban J connectivity index is 1.42. The first-order valence-electron chi connectivity index (χ1n) is 11.1. The number of hydrogen-bond acceptors (Lipinski definition) is 3. The molecular formula is C25H28F2N2O2. The van der Waals surface area contributed by atoms with Crippen molar-refractivity contribution in [2.75, 3.05) is 6.54 Å². The highest BCUT2D eigenvalue weighted by Crippen LogP contribution is 2.29. The summed E-state index contributed by atoms with van der Waals surface area (Å²) in [5, 5.41) is 4.20. The molecule has 1 saturated carbocycles. The van der Waals surface area contributed by atoms with Crippen LogP contribution in [0.4, 0.5) is 8.78 Å². The number of amides is 1. The number of carbonyl (C=O) groups excluding carboxylic acids is 1. The Labute approximate surface area is 181 Å². The van der Waals surface area contributed by atoms with E-state index >= 15 is 0 Å². The van der Waals surface area contributed by atoms with Crippen molar-refractivity contribution >= 4 is 11.6 Å². The van der Waals surface area contributed by atoms with Crippen LogP contribution in [0.5, 0.6) is 0 Å². The summed E-state index contributed by atoms with van der Waals surface area (Å²) in [4.78, 5) is 20.3. The number of oxime groups is 1. The molecule has 0 bridgehead atoms. The first-order chi connectivity index (χ1) is 15.1. The van der Waals surface area contributed by atoms with Crippen LogP contribution in [0.1, 0.15) is 56.1 Å². The zero-order valence-corrected chi connectivity index (χ0v) is 17.6. The molecule has 0 N–H and O–H groups in total. The van der Waals surface area contributed by atoms with Gasteiger partial charge >= 0.3 is 0 Å². The van der Waals surface area contributed by atoms with Gasteiger partial charge in [0.15, 0.2) is 6.10 Å². The second-order valence-electron chi connectivity index (χ2n) is 8.53. The zero-order valence-electron chi connectivity index (χ0n) is 17.6. The van der Waals surface area contributed by atoms with Crippen LogP contribution >= 0.6 is 0 Å². The standard InChI is InChI=1S/C25H28F2N2O2/c26-21-12-11-20(23(27)14-21)16-29(25(30)13-10-18-6-4-5-7-18)17-22-15-24(28-31-22)19-8-2-1-3-9-19/h1-3,8-9,11-12,14,18,22H,4-7,10,13,15-17H2. The fraction of sp³-hybridized carbons (Fsp3) is 0.440. The van der Waals surface area contributed by atoms with Crippen LogP contribution < -0.4 is 0 Å². The normalized spacial score (nSPS) is 18.6. The highest BCUT2D eigenvalue weighted by molar-refractivity contribution is 6.01. The lowest BCUT2D eigenvalue weighted by molar-refractivity contribution is -0.134. The first-order valence-corrected chi connectivity index (χ1v) is 11.1. The maximum Gasteiger partial charge on any atom is 0.223 e. The minimum Gasteiger partial charge on any atom is -0.390 e. The van der Waals surface area contributed by atoms with E-state index in [0.717, 1.165) is 23.8 Å². The molecule has 1 amide bonds. The lowest BCUT2D eigenvalue weighted by Crippen LogP contribution is -2.37. The van der Waals surface area contributed by atoms with Crippen LogP contribution in [-0.4, -0.2) is 29.2 Å². The molecule has 31 heavy (non-hydrogen) atoms. The van der Waals surface area contributed by atoms with E-state index in [0.29, 0.717) is 30.9 Å². The average molecular weight is 427 g/mol. The molecule has 164 valence electrons. The van der Waals surface area contributed by atoms with E-state index in [-0.39, 0.29) is 18.6 Å². The molecule has 1 unspecified atom stereocenters. The summed E-state index contributed by atoms with van der Waals surface area (Å²) in [6, 6.07) is 13.3. The number of halogens is 2. The molecule has 0 saturated heterocycles. The van der Waals surface area contributed by atoms with Crippen LogP contribution in [0.15, 0.2) is 53.7 Å². The number of hydrogen-bond donors (Lipinski definition) is 0. The van der Waals surface area contributed by atoms with Crippen molar-refractivity contribution in [1.82, 2.24) is 4.90 Å². The van der Waals surface area contributed by atoms with Gasteiger partial charge in [-0.15, -0.1) is 0 Å². The lowest BCUT2D eigenvalue weighted by Gasteiger charge is -2.26. The molecule has 0 aromatic heterocycles. The van der Waals surface area contributed by atoms with E-state index in [4.69, 9.17) is 4.84 Å². The summed E-state index contributed by atoms with van der Waals surface area (Å²) in [6.07, 6.45) is 6.43. The number of benzene rings is 2. The summed E-state index contributed by atoms with van der Waals surface area (Å²) >= 11 is 0. The quantitative estimate of drug-likeness (QED) is 0.563. The summed E-state index contributed by atoms with van der Waals surface area (Å²) < 4.78 is 27.6. The second-order valence-corrected chi connectivity index (χ2v) is 8.53. The predicted octanol–water partition coefficient (Wildman–Crippen LogP) is 5.46. The van der Waals surface area contributed by atoms with Gasteiger partial charge in [-0.25, -0.2) is 8.78 Å². The molecule has 1 heterocycles. The van der Waals surface area contributed by atoms with Crippen molar-refractivity contribution in [3.63, 3.8) is 0 Å². The Kier molecular flexibility index (Phi) is 6.95. The van der Waals surface area contributed by atoms with Crippen molar-refractivity contribution in [2.24, 2.45) is 11.1 Å². The Morgan fingerprint density at radius 3 is 2.61 bits per heavy atom. The number of nitrogens with zero attached hydrogens (tertiary/aromatic N) is 2. The molecule has 1 aliphatic heterocycles. The van der Waals surface area contributed by atoms with Gasteiger partial charge in [0, 0.05) is 31.0 Å². The highest BCUT2D eigenvalue weighted by Gasteiger charge is 2.28. The molecule has 1 aliphatic carbocycles. The van der Waals surface area contributed by atoms with Gasteiger partial charge in [-0.05, 0) is 24.0 Å². The largest absolute Gasteiger partial charge is 0.390 e. The zero-order chi connectivity index (χ0) is 21.6. The predicted molar refractivity (Wildman–Crippen MR) is 115 cm³/mol. The van der Waals surface area contributed by atoms with Crippen LogP contribution in [0.25, 0.3) is 0 Å². The van der Waals surface area contributed by atoms with Gasteiger partial charge in [-0.2, -0.15) is 0 Å². The molecular weight excluding hydrogens is 398 g/mol. The first kappa shape index (κ1) is 21.5. The smallest absolute Gasteiger partial charge is 0.223 e. The Morgan fingerprint density at radius 2 is 1.87 bits per heavy atom. The van der Waals surface area contributed by atoms with Gasteiger partial charge in [0.05, 0.1) is 12.3 Å². The fourth-order valence-corrected chi connectivity index (χ4v) is 4.47. The van der Waals surface area contributed by atoms with Crippen molar-refractivity contribution < 1.29 is 18.4 Å². The van der Waals surface area contributed by atoms with E-state index in [1.54, 1.807) is 4.90 Å². The SMILES string of the molecule is O=C(CCC1CCCC1)N(Cc1ccc(F)cc1F)CC1CC(c2ccccc2)=NO1. The molecule has 1 atom stereocenters. The van der Waals surface area contributed by atoms with Gasteiger partial charge in [0.2, 0.25) is 5.91 Å². The van der Waals surface area contributed by atoms with Crippen molar-refractivity contribution in [3.8, 4) is 0 Å². The third-order valence-corrected chi connectivity index (χ3v) is 6.23. The molecule has 0 spiro atoms. The Hall–Kier alpha value is -2.76. The van der Waals surface area contributed by atoms with Crippen LogP contribution in [-0.2, 0) is 16.2 Å². The van der Waals surface area contributed by atoms with Crippen molar-refractivity contribution in [1.29, 1.82) is 0 Å². The van der Waals surface area contributed by atoms with Gasteiger partial charge in [0.25, 0.3) is 0 Å². The molecule has 6 heteroatoms. The molecule has 4 rings (SSSR count). The van der Waals surface area contributed by atoms with E-state index in [2.05, 4.69) is 5.16 Å². The monoisotopic (exact) mass is 426 g/mol. The van der Waals surface area contributed by atoms with Gasteiger partial charge in [0.1, 0.15) is 11.6 Å². The van der Waals surface area contributed by atoms with Crippen LogP contribution in [0.2, 0.25) is 0 Å². The van der Waals surface area contributed by atoms with E-state index < -0.39 is 11.6 Å². The molecule has 2 aliphatic rings. The average Bonchev–Trinajstić information content (AvgIpc) is 3.46. The summed E-state index contributed by atoms with van der Waals surface area (Å²) in [5.74, 6) is -0.681. The Bertz CT molecular complexity index is 926. The van der Waals surface area contributed by atoms with Gasteiger partial charge in [-0.1, -0.05) is 67.2 Å². The maximum absolute atomic E-state index is 14.3. The Morgan fingerprint density at radius 1 is 1.10 bits per heavy atom. The second kappa shape index (κ2) is 10.0. The van der Waals surface area contributed by atoms with E-state index in [1.807, 2.05) is 30.3 Å². The van der Waals surface area contributed by atoms with Crippen LogP contribution in [0.3, 0.4) is 0 Å². The molecule has 0 radical (unpaired) electrons. The summed E-state index contributed by atoms with van der Waals surface area (Å²) in [5.41, 5.74) is 2.14. The van der Waals surface area contributed by atoms with Crippen molar-refractivity contribution in [3.05, 3.63) is 71.3 Å². The maximum atomic E-state index is 14.3. The minimum absolute atomic E-state index is 0.0209.